The molecule has 5 rings (SSSR count). The largest absolute Gasteiger partial charge is 0.486 e. The lowest BCUT2D eigenvalue weighted by Crippen LogP contribution is -2.34. The van der Waals surface area contributed by atoms with E-state index < -0.39 is 18.1 Å². The van der Waals surface area contributed by atoms with E-state index in [9.17, 15) is 23.1 Å². The second kappa shape index (κ2) is 11.6. The molecule has 40 heavy (non-hydrogen) atoms. The van der Waals surface area contributed by atoms with Crippen LogP contribution in [0.1, 0.15) is 49.2 Å². The third-order valence-corrected chi connectivity index (χ3v) is 7.46. The molecule has 214 valence electrons. The molecule has 2 fully saturated rings. The number of nitrogens with zero attached hydrogens (tertiary/aromatic N) is 4. The molecule has 2 saturated heterocycles. The van der Waals surface area contributed by atoms with E-state index in [4.69, 9.17) is 21.1 Å². The third-order valence-electron chi connectivity index (χ3n) is 7.09. The number of halogens is 4. The molecule has 1 unspecified atom stereocenters. The van der Waals surface area contributed by atoms with Gasteiger partial charge < -0.3 is 29.4 Å². The number of pyridine rings is 1. The lowest BCUT2D eigenvalue weighted by atomic mass is 10.1. The van der Waals surface area contributed by atoms with Gasteiger partial charge in [0.2, 0.25) is 11.9 Å². The van der Waals surface area contributed by atoms with Crippen LogP contribution in [-0.4, -0.2) is 62.9 Å². The Morgan fingerprint density at radius 1 is 1.30 bits per heavy atom. The Balaban J connectivity index is 1.57. The minimum Gasteiger partial charge on any atom is -0.486 e. The summed E-state index contributed by atoms with van der Waals surface area (Å²) in [5.74, 6) is 0.419. The lowest BCUT2D eigenvalue weighted by Gasteiger charge is -2.27. The summed E-state index contributed by atoms with van der Waals surface area (Å²) in [6.07, 6.45) is -1.12. The molecule has 3 atom stereocenters. The molecule has 0 spiro atoms. The highest BCUT2D eigenvalue weighted by molar-refractivity contribution is 6.36. The van der Waals surface area contributed by atoms with Crippen molar-refractivity contribution in [2.75, 3.05) is 31.6 Å². The highest BCUT2D eigenvalue weighted by Crippen LogP contribution is 2.40. The summed E-state index contributed by atoms with van der Waals surface area (Å²) in [7, 11) is 0. The maximum Gasteiger partial charge on any atom is 0.433 e. The van der Waals surface area contributed by atoms with E-state index in [1.165, 1.54) is 12.1 Å². The Morgan fingerprint density at radius 2 is 2.12 bits per heavy atom. The van der Waals surface area contributed by atoms with Crippen LogP contribution in [0.5, 0.6) is 5.75 Å². The standard InChI is InChI=1S/C27H29ClF3N5O4/c1-2-22(37)35-11-4-3-5-17(14-35)36-24-19(6-7-20(23(24)28)40-18-9-12-39-15-18)33-26(36)34-25(38)16-8-10-32-21(13-16)27(29,30)31/h2,6-8,10,13,17-18,25,38H,1,3-5,9,11-12,14-15H2,(H,33,34)/t17-,18+,25?/m1/s1. The summed E-state index contributed by atoms with van der Waals surface area (Å²) in [6.45, 7) is 5.52. The van der Waals surface area contributed by atoms with Crippen LogP contribution in [-0.2, 0) is 15.7 Å². The number of amides is 1. The first-order valence-electron chi connectivity index (χ1n) is 13.0. The molecule has 0 radical (unpaired) electrons. The van der Waals surface area contributed by atoms with Crippen LogP contribution in [0.4, 0.5) is 19.1 Å². The molecule has 0 aliphatic carbocycles. The van der Waals surface area contributed by atoms with Gasteiger partial charge in [0.25, 0.3) is 0 Å². The van der Waals surface area contributed by atoms with Gasteiger partial charge in [-0.25, -0.2) is 4.98 Å². The number of rotatable bonds is 7. The van der Waals surface area contributed by atoms with Crippen molar-refractivity contribution in [3.63, 3.8) is 0 Å². The van der Waals surface area contributed by atoms with Crippen molar-refractivity contribution in [2.24, 2.45) is 0 Å². The van der Waals surface area contributed by atoms with Crippen LogP contribution in [0.15, 0.2) is 43.1 Å². The second-order valence-electron chi connectivity index (χ2n) is 9.81. The van der Waals surface area contributed by atoms with Gasteiger partial charge in [-0.3, -0.25) is 9.78 Å². The number of carbonyl (C=O) groups excluding carboxylic acids is 1. The van der Waals surface area contributed by atoms with Crippen molar-refractivity contribution in [3.8, 4) is 5.75 Å². The van der Waals surface area contributed by atoms with Crippen LogP contribution >= 0.6 is 11.6 Å². The number of carbonyl (C=O) groups is 1. The predicted molar refractivity (Wildman–Crippen MR) is 142 cm³/mol. The lowest BCUT2D eigenvalue weighted by molar-refractivity contribution is -0.141. The monoisotopic (exact) mass is 579 g/mol. The molecule has 2 aromatic heterocycles. The van der Waals surface area contributed by atoms with Crippen LogP contribution < -0.4 is 10.1 Å². The second-order valence-corrected chi connectivity index (χ2v) is 10.2. The summed E-state index contributed by atoms with van der Waals surface area (Å²) >= 11 is 6.90. The first-order valence-corrected chi connectivity index (χ1v) is 13.4. The van der Waals surface area contributed by atoms with Crippen LogP contribution in [0.2, 0.25) is 5.02 Å². The first kappa shape index (κ1) is 28.2. The zero-order chi connectivity index (χ0) is 28.4. The number of fused-ring (bicyclic) bond motifs is 1. The topological polar surface area (TPSA) is 102 Å². The van der Waals surface area contributed by atoms with E-state index in [1.54, 1.807) is 21.6 Å². The van der Waals surface area contributed by atoms with Gasteiger partial charge in [0, 0.05) is 31.3 Å². The fourth-order valence-corrected chi connectivity index (χ4v) is 5.40. The molecule has 2 N–H and O–H groups in total. The summed E-state index contributed by atoms with van der Waals surface area (Å²) in [5.41, 5.74) is -0.147. The summed E-state index contributed by atoms with van der Waals surface area (Å²) < 4.78 is 53.1. The number of aliphatic hydroxyl groups excluding tert-OH is 1. The average Bonchev–Trinajstić information content (AvgIpc) is 3.50. The van der Waals surface area contributed by atoms with Gasteiger partial charge in [-0.05, 0) is 49.6 Å². The number of nitrogens with one attached hydrogen (secondary N) is 1. The number of ether oxygens (including phenoxy) is 2. The van der Waals surface area contributed by atoms with Crippen molar-refractivity contribution in [3.05, 3.63) is 59.4 Å². The Hall–Kier alpha value is -3.35. The molecule has 2 aliphatic rings. The van der Waals surface area contributed by atoms with Gasteiger partial charge in [0.1, 0.15) is 22.6 Å². The predicted octanol–water partition coefficient (Wildman–Crippen LogP) is 5.11. The van der Waals surface area contributed by atoms with Gasteiger partial charge in [-0.2, -0.15) is 13.2 Å². The molecule has 9 nitrogen and oxygen atoms in total. The van der Waals surface area contributed by atoms with Gasteiger partial charge >= 0.3 is 6.18 Å². The molecule has 4 heterocycles. The molecule has 1 aromatic carbocycles. The number of aromatic nitrogens is 3. The average molecular weight is 580 g/mol. The smallest absolute Gasteiger partial charge is 0.433 e. The zero-order valence-electron chi connectivity index (χ0n) is 21.5. The summed E-state index contributed by atoms with van der Waals surface area (Å²) in [4.78, 5) is 22.2. The highest BCUT2D eigenvalue weighted by atomic mass is 35.5. The number of aliphatic hydroxyl groups is 1. The van der Waals surface area contributed by atoms with E-state index in [2.05, 4.69) is 21.9 Å². The molecule has 1 amide bonds. The van der Waals surface area contributed by atoms with E-state index in [0.717, 1.165) is 31.5 Å². The van der Waals surface area contributed by atoms with Crippen LogP contribution in [0.25, 0.3) is 11.0 Å². The fourth-order valence-electron chi connectivity index (χ4n) is 5.10. The molecule has 13 heteroatoms. The number of hydrogen-bond acceptors (Lipinski definition) is 7. The van der Waals surface area contributed by atoms with Crippen LogP contribution in [0.3, 0.4) is 0 Å². The van der Waals surface area contributed by atoms with Gasteiger partial charge in [0.15, 0.2) is 6.23 Å². The molecule has 0 bridgehead atoms. The molecular weight excluding hydrogens is 551 g/mol. The number of likely N-dealkylation sites (tertiary alicyclic amines) is 1. The number of anilines is 1. The molecule has 2 aliphatic heterocycles. The highest BCUT2D eigenvalue weighted by Gasteiger charge is 2.33. The van der Waals surface area contributed by atoms with E-state index in [-0.39, 0.29) is 29.6 Å². The Bertz CT molecular complexity index is 1390. The van der Waals surface area contributed by atoms with Crippen molar-refractivity contribution >= 4 is 34.5 Å². The van der Waals surface area contributed by atoms with E-state index in [0.29, 0.717) is 54.5 Å². The van der Waals surface area contributed by atoms with Gasteiger partial charge in [0.05, 0.1) is 30.3 Å². The molecular formula is C27H29ClF3N5O4. The summed E-state index contributed by atoms with van der Waals surface area (Å²) in [5, 5.41) is 14.1. The van der Waals surface area contributed by atoms with E-state index in [1.807, 2.05) is 0 Å². The van der Waals surface area contributed by atoms with Crippen molar-refractivity contribution in [2.45, 2.75) is 50.2 Å². The minimum atomic E-state index is -4.67. The number of imidazole rings is 1. The van der Waals surface area contributed by atoms with Gasteiger partial charge in [-0.15, -0.1) is 0 Å². The normalized spacial score (nSPS) is 20.8. The van der Waals surface area contributed by atoms with Crippen LogP contribution in [0, 0.1) is 0 Å². The fraction of sp³-hybridized carbons (Fsp3) is 0.444. The number of alkyl halides is 3. The number of benzene rings is 1. The number of hydrogen-bond donors (Lipinski definition) is 2. The summed E-state index contributed by atoms with van der Waals surface area (Å²) in [6, 6.07) is 5.21. The van der Waals surface area contributed by atoms with Crippen molar-refractivity contribution < 1.29 is 32.5 Å². The third kappa shape index (κ3) is 5.89. The molecule has 3 aromatic rings. The Morgan fingerprint density at radius 3 is 2.85 bits per heavy atom. The SMILES string of the molecule is C=CC(=O)N1CCCC[C@@H](n2c(NC(O)c3ccnc(C(F)(F)F)c3)nc3ccc(O[C@H]4CCOC4)c(Cl)c32)C1. The maximum absolute atomic E-state index is 13.2. The quantitative estimate of drug-likeness (QED) is 0.296. The van der Waals surface area contributed by atoms with E-state index >= 15 is 0 Å². The Labute approximate surface area is 233 Å². The van der Waals surface area contributed by atoms with Crippen molar-refractivity contribution in [1.29, 1.82) is 0 Å². The molecule has 0 saturated carbocycles. The maximum atomic E-state index is 13.2. The Kier molecular flexibility index (Phi) is 8.20. The first-order chi connectivity index (χ1) is 19.2. The van der Waals surface area contributed by atoms with Crippen molar-refractivity contribution in [1.82, 2.24) is 19.4 Å². The minimum absolute atomic E-state index is 0.0402. The van der Waals surface area contributed by atoms with Gasteiger partial charge in [-0.1, -0.05) is 18.2 Å². The zero-order valence-corrected chi connectivity index (χ0v) is 22.3.